The van der Waals surface area contributed by atoms with Gasteiger partial charge in [-0.2, -0.15) is 0 Å². The molecule has 148 valence electrons. The number of urea groups is 1. The predicted molar refractivity (Wildman–Crippen MR) is 108 cm³/mol. The Morgan fingerprint density at radius 3 is 2.37 bits per heavy atom. The van der Waals surface area contributed by atoms with Gasteiger partial charge < -0.3 is 10.2 Å². The maximum atomic E-state index is 12.4. The molecule has 0 saturated heterocycles. The van der Waals surface area contributed by atoms with Crippen molar-refractivity contribution in [2.75, 3.05) is 25.5 Å². The zero-order valence-electron chi connectivity index (χ0n) is 16.2. The van der Waals surface area contributed by atoms with Gasteiger partial charge >= 0.3 is 6.03 Å². The number of amides is 2. The third-order valence-electron chi connectivity index (χ3n) is 5.24. The van der Waals surface area contributed by atoms with E-state index in [1.54, 1.807) is 6.08 Å². The molecule has 2 amide bonds. The van der Waals surface area contributed by atoms with Crippen LogP contribution in [0.2, 0.25) is 0 Å². The lowest BCUT2D eigenvalue weighted by atomic mass is 9.99. The van der Waals surface area contributed by atoms with Gasteiger partial charge in [0.15, 0.2) is 0 Å². The second-order valence-corrected chi connectivity index (χ2v) is 9.04. The van der Waals surface area contributed by atoms with Crippen LogP contribution in [0.3, 0.4) is 0 Å². The van der Waals surface area contributed by atoms with Gasteiger partial charge in [0.2, 0.25) is 0 Å². The molecule has 0 aromatic heterocycles. The fourth-order valence-corrected chi connectivity index (χ4v) is 4.81. The summed E-state index contributed by atoms with van der Waals surface area (Å²) in [6.45, 7) is 3.48. The first-order chi connectivity index (χ1) is 12.9. The van der Waals surface area contributed by atoms with Gasteiger partial charge in [-0.05, 0) is 80.8 Å². The Kier molecular flexibility index (Phi) is 6.22. The van der Waals surface area contributed by atoms with Gasteiger partial charge in [-0.25, -0.2) is 17.9 Å². The SMILES string of the molecule is CCCN(C)C/C=C/S(=O)(=O)NC(=O)Nc1c2c(cc3c1CCC3)CCC2. The van der Waals surface area contributed by atoms with Crippen molar-refractivity contribution in [2.45, 2.75) is 51.9 Å². The number of fused-ring (bicyclic) bond motifs is 2. The lowest BCUT2D eigenvalue weighted by Crippen LogP contribution is -2.33. The molecular formula is C20H29N3O3S. The summed E-state index contributed by atoms with van der Waals surface area (Å²) in [7, 11) is -1.88. The first kappa shape index (κ1) is 19.9. The molecule has 2 aliphatic rings. The minimum atomic E-state index is -3.81. The highest BCUT2D eigenvalue weighted by Gasteiger charge is 2.25. The zero-order valence-corrected chi connectivity index (χ0v) is 17.0. The van der Waals surface area contributed by atoms with Gasteiger partial charge in [0, 0.05) is 17.6 Å². The van der Waals surface area contributed by atoms with Crippen molar-refractivity contribution in [3.8, 4) is 0 Å². The molecule has 3 rings (SSSR count). The quantitative estimate of drug-likeness (QED) is 0.749. The minimum absolute atomic E-state index is 0.524. The number of carbonyl (C=O) groups excluding carboxylic acids is 1. The van der Waals surface area contributed by atoms with Crippen molar-refractivity contribution in [2.24, 2.45) is 0 Å². The first-order valence-corrected chi connectivity index (χ1v) is 11.3. The summed E-state index contributed by atoms with van der Waals surface area (Å²) >= 11 is 0. The van der Waals surface area contributed by atoms with Crippen LogP contribution in [0.4, 0.5) is 10.5 Å². The third-order valence-corrected chi connectivity index (χ3v) is 6.26. The molecule has 1 aromatic carbocycles. The average Bonchev–Trinajstić information content (AvgIpc) is 3.22. The summed E-state index contributed by atoms with van der Waals surface area (Å²) in [5.74, 6) is 0. The van der Waals surface area contributed by atoms with Crippen LogP contribution in [0.15, 0.2) is 17.6 Å². The van der Waals surface area contributed by atoms with Crippen LogP contribution in [0.25, 0.3) is 0 Å². The molecule has 7 heteroatoms. The molecule has 0 bridgehead atoms. The van der Waals surface area contributed by atoms with Gasteiger partial charge in [0.05, 0.1) is 0 Å². The summed E-state index contributed by atoms with van der Waals surface area (Å²) in [5, 5.41) is 3.91. The predicted octanol–water partition coefficient (Wildman–Crippen LogP) is 2.97. The van der Waals surface area contributed by atoms with Crippen molar-refractivity contribution in [1.82, 2.24) is 9.62 Å². The maximum Gasteiger partial charge on any atom is 0.333 e. The monoisotopic (exact) mass is 391 g/mol. The first-order valence-electron chi connectivity index (χ1n) is 9.75. The summed E-state index contributed by atoms with van der Waals surface area (Å²) in [6, 6.07) is 1.59. The number of rotatable bonds is 7. The molecule has 0 aliphatic heterocycles. The van der Waals surface area contributed by atoms with E-state index < -0.39 is 16.1 Å². The lowest BCUT2D eigenvalue weighted by Gasteiger charge is -2.16. The van der Waals surface area contributed by atoms with E-state index in [1.165, 1.54) is 22.3 Å². The number of hydrogen-bond donors (Lipinski definition) is 2. The van der Waals surface area contributed by atoms with E-state index in [1.807, 2.05) is 11.9 Å². The molecule has 0 atom stereocenters. The molecule has 0 radical (unpaired) electrons. The number of sulfonamides is 1. The van der Waals surface area contributed by atoms with Crippen LogP contribution in [-0.4, -0.2) is 39.5 Å². The van der Waals surface area contributed by atoms with Crippen molar-refractivity contribution < 1.29 is 13.2 Å². The summed E-state index contributed by atoms with van der Waals surface area (Å²) < 4.78 is 26.4. The van der Waals surface area contributed by atoms with Crippen molar-refractivity contribution >= 4 is 21.7 Å². The fraction of sp³-hybridized carbons (Fsp3) is 0.550. The van der Waals surface area contributed by atoms with Crippen molar-refractivity contribution in [3.63, 3.8) is 0 Å². The van der Waals surface area contributed by atoms with Gasteiger partial charge in [-0.3, -0.25) is 0 Å². The maximum absolute atomic E-state index is 12.4. The van der Waals surface area contributed by atoms with E-state index in [0.29, 0.717) is 6.54 Å². The Balaban J connectivity index is 1.67. The molecule has 2 aliphatic carbocycles. The number of carbonyl (C=O) groups is 1. The topological polar surface area (TPSA) is 78.5 Å². The second-order valence-electron chi connectivity index (χ2n) is 7.47. The molecule has 0 unspecified atom stereocenters. The van der Waals surface area contributed by atoms with E-state index in [4.69, 9.17) is 0 Å². The number of nitrogens with zero attached hydrogens (tertiary/aromatic N) is 1. The third kappa shape index (κ3) is 4.90. The summed E-state index contributed by atoms with van der Waals surface area (Å²) in [5.41, 5.74) is 5.80. The average molecular weight is 392 g/mol. The largest absolute Gasteiger partial charge is 0.333 e. The van der Waals surface area contributed by atoms with Crippen LogP contribution in [0, 0.1) is 0 Å². The number of nitrogens with one attached hydrogen (secondary N) is 2. The highest BCUT2D eigenvalue weighted by molar-refractivity contribution is 7.92. The number of anilines is 1. The Morgan fingerprint density at radius 1 is 1.15 bits per heavy atom. The molecule has 0 saturated carbocycles. The number of aryl methyl sites for hydroxylation is 2. The van der Waals surface area contributed by atoms with Crippen LogP contribution >= 0.6 is 0 Å². The minimum Gasteiger partial charge on any atom is -0.307 e. The second kappa shape index (κ2) is 8.44. The molecule has 0 fully saturated rings. The fourth-order valence-electron chi connectivity index (χ4n) is 4.09. The van der Waals surface area contributed by atoms with E-state index in [2.05, 4.69) is 23.0 Å². The Bertz CT molecular complexity index is 814. The van der Waals surface area contributed by atoms with Crippen LogP contribution < -0.4 is 10.0 Å². The van der Waals surface area contributed by atoms with Gasteiger partial charge in [0.25, 0.3) is 10.0 Å². The summed E-state index contributed by atoms with van der Waals surface area (Å²) in [6.07, 6.45) is 8.67. The highest BCUT2D eigenvalue weighted by atomic mass is 32.2. The highest BCUT2D eigenvalue weighted by Crippen LogP contribution is 2.38. The van der Waals surface area contributed by atoms with E-state index in [0.717, 1.165) is 62.6 Å². The van der Waals surface area contributed by atoms with Gasteiger partial charge in [-0.15, -0.1) is 0 Å². The van der Waals surface area contributed by atoms with Gasteiger partial charge in [-0.1, -0.05) is 19.1 Å². The van der Waals surface area contributed by atoms with E-state index >= 15 is 0 Å². The van der Waals surface area contributed by atoms with Gasteiger partial charge in [0.1, 0.15) is 0 Å². The summed E-state index contributed by atoms with van der Waals surface area (Å²) in [4.78, 5) is 14.4. The van der Waals surface area contributed by atoms with Crippen LogP contribution in [0.1, 0.15) is 48.4 Å². The molecule has 6 nitrogen and oxygen atoms in total. The molecule has 0 spiro atoms. The number of hydrogen-bond acceptors (Lipinski definition) is 4. The molecule has 0 heterocycles. The normalized spacial score (nSPS) is 16.0. The molecule has 27 heavy (non-hydrogen) atoms. The standard InChI is InChI=1S/C20H29N3O3S/c1-3-11-23(2)12-6-13-27(25,26)22-20(24)21-19-17-9-4-7-15(17)14-16-8-5-10-18(16)19/h6,13-14H,3-5,7-12H2,1-2H3,(H2,21,22,24)/b13-6+. The molecule has 1 aromatic rings. The molecular weight excluding hydrogens is 362 g/mol. The van der Waals surface area contributed by atoms with E-state index in [-0.39, 0.29) is 0 Å². The lowest BCUT2D eigenvalue weighted by molar-refractivity contribution is 0.256. The smallest absolute Gasteiger partial charge is 0.307 e. The Labute approximate surface area is 162 Å². The number of likely N-dealkylation sites (N-methyl/N-ethyl adjacent to an activating group) is 1. The zero-order chi connectivity index (χ0) is 19.4. The number of benzene rings is 1. The Morgan fingerprint density at radius 2 is 1.78 bits per heavy atom. The Hall–Kier alpha value is -1.86. The molecule has 2 N–H and O–H groups in total. The van der Waals surface area contributed by atoms with Crippen molar-refractivity contribution in [3.05, 3.63) is 39.8 Å². The van der Waals surface area contributed by atoms with E-state index in [9.17, 15) is 13.2 Å². The van der Waals surface area contributed by atoms with Crippen LogP contribution in [0.5, 0.6) is 0 Å². The van der Waals surface area contributed by atoms with Crippen LogP contribution in [-0.2, 0) is 35.7 Å². The van der Waals surface area contributed by atoms with Crippen molar-refractivity contribution in [1.29, 1.82) is 0 Å².